The summed E-state index contributed by atoms with van der Waals surface area (Å²) in [5.74, 6) is -4.58. The topological polar surface area (TPSA) is 220 Å². The Balaban J connectivity index is 4.08. The molecule has 1 rings (SSSR count). The molecule has 0 radical (unpaired) electrons. The predicted molar refractivity (Wildman–Crippen MR) is 328 cm³/mol. The number of nitrogens with zero attached hydrogens (tertiary/aromatic N) is 1. The first-order valence-electron chi connectivity index (χ1n) is 31.5. The first kappa shape index (κ1) is 76.9. The van der Waals surface area contributed by atoms with Crippen LogP contribution in [0.1, 0.15) is 319 Å². The van der Waals surface area contributed by atoms with Gasteiger partial charge >= 0.3 is 35.8 Å². The SMILES string of the molecule is CCCCCCCCCCCCCCCC[n+]1cc(C(=O)NC(CCC(=O)OC(C)(C)C)(CCC(=O)OC(C)(C)C)CCC(=O)OC(C)(C)C)cc(C(=O)NC(CCC(=O)OC(C)(C)C)(CCC(=O)OC(C)(C)C)CCC(=O)OC(C)(C)C)c1. The highest BCUT2D eigenvalue weighted by atomic mass is 16.6. The number of rotatable bonds is 37. The number of ether oxygens (including phenoxy) is 6. The van der Waals surface area contributed by atoms with Crippen molar-refractivity contribution in [1.82, 2.24) is 10.6 Å². The smallest absolute Gasteiger partial charge is 0.306 e. The lowest BCUT2D eigenvalue weighted by Gasteiger charge is -2.36. The number of nitrogens with one attached hydrogen (secondary N) is 2. The van der Waals surface area contributed by atoms with Crippen LogP contribution < -0.4 is 15.2 Å². The van der Waals surface area contributed by atoms with E-state index in [4.69, 9.17) is 28.4 Å². The number of aromatic nitrogens is 1. The molecule has 0 saturated heterocycles. The van der Waals surface area contributed by atoms with Gasteiger partial charge in [0.25, 0.3) is 11.8 Å². The van der Waals surface area contributed by atoms with Crippen molar-refractivity contribution in [3.8, 4) is 0 Å². The summed E-state index contributed by atoms with van der Waals surface area (Å²) >= 11 is 0. The fraction of sp³-hybridized carbons (Fsp3) is 0.806. The third-order valence-electron chi connectivity index (χ3n) is 13.3. The van der Waals surface area contributed by atoms with Crippen LogP contribution in [-0.4, -0.2) is 92.3 Å². The summed E-state index contributed by atoms with van der Waals surface area (Å²) < 4.78 is 36.0. The molecule has 0 unspecified atom stereocenters. The Morgan fingerprint density at radius 1 is 0.333 bits per heavy atom. The van der Waals surface area contributed by atoms with Gasteiger partial charge in [-0.1, -0.05) is 84.0 Å². The van der Waals surface area contributed by atoms with Gasteiger partial charge in [0.2, 0.25) is 0 Å². The Bertz CT molecular complexity index is 1940. The molecule has 1 heterocycles. The van der Waals surface area contributed by atoms with E-state index in [1.807, 2.05) is 0 Å². The quantitative estimate of drug-likeness (QED) is 0.0274. The fourth-order valence-electron chi connectivity index (χ4n) is 9.66. The molecule has 84 heavy (non-hydrogen) atoms. The monoisotopic (exact) mass is 1190 g/mol. The van der Waals surface area contributed by atoms with Crippen LogP contribution in [-0.2, 0) is 63.7 Å². The van der Waals surface area contributed by atoms with Gasteiger partial charge in [0.1, 0.15) is 51.3 Å². The number of unbranched alkanes of at least 4 members (excludes halogenated alkanes) is 13. The maximum Gasteiger partial charge on any atom is 0.306 e. The van der Waals surface area contributed by atoms with Crippen molar-refractivity contribution in [2.24, 2.45) is 0 Å². The average Bonchev–Trinajstić information content (AvgIpc) is 2.42. The zero-order valence-electron chi connectivity index (χ0n) is 56.0. The van der Waals surface area contributed by atoms with E-state index in [1.165, 1.54) is 63.9 Å². The van der Waals surface area contributed by atoms with Crippen molar-refractivity contribution >= 4 is 47.6 Å². The second-order valence-electron chi connectivity index (χ2n) is 29.1. The summed E-state index contributed by atoms with van der Waals surface area (Å²) in [5, 5.41) is 6.31. The molecular weight excluding hydrogens is 1070 g/mol. The number of amides is 2. The molecule has 0 spiro atoms. The van der Waals surface area contributed by atoms with E-state index < -0.39 is 92.3 Å². The Morgan fingerprint density at radius 3 is 0.738 bits per heavy atom. The second kappa shape index (κ2) is 35.5. The zero-order chi connectivity index (χ0) is 64.2. The molecule has 2 amide bonds. The summed E-state index contributed by atoms with van der Waals surface area (Å²) in [6.45, 7) is 34.1. The lowest BCUT2D eigenvalue weighted by molar-refractivity contribution is -0.697. The fourth-order valence-corrected chi connectivity index (χ4v) is 9.66. The molecule has 1 aromatic rings. The Kier molecular flexibility index (Phi) is 32.5. The van der Waals surface area contributed by atoms with Crippen molar-refractivity contribution in [2.75, 3.05) is 0 Å². The molecule has 0 saturated carbocycles. The molecular formula is C67H116N3O14+. The third kappa shape index (κ3) is 38.8. The van der Waals surface area contributed by atoms with E-state index in [0.717, 1.165) is 32.1 Å². The highest BCUT2D eigenvalue weighted by Gasteiger charge is 2.39. The number of hydrogen-bond donors (Lipinski definition) is 2. The lowest BCUT2D eigenvalue weighted by Crippen LogP contribution is -2.51. The van der Waals surface area contributed by atoms with Crippen LogP contribution in [0.5, 0.6) is 0 Å². The minimum atomic E-state index is -1.39. The first-order valence-corrected chi connectivity index (χ1v) is 31.5. The summed E-state index contributed by atoms with van der Waals surface area (Å²) in [5.41, 5.74) is -7.59. The van der Waals surface area contributed by atoms with E-state index in [2.05, 4.69) is 17.6 Å². The van der Waals surface area contributed by atoms with Crippen molar-refractivity contribution in [2.45, 2.75) is 350 Å². The van der Waals surface area contributed by atoms with E-state index in [9.17, 15) is 28.8 Å². The number of aryl methyl sites for hydroxylation is 1. The number of carbonyl (C=O) groups is 8. The molecule has 0 fully saturated rings. The maximum absolute atomic E-state index is 15.2. The molecule has 17 nitrogen and oxygen atoms in total. The molecule has 0 aliphatic heterocycles. The van der Waals surface area contributed by atoms with Crippen LogP contribution in [0.15, 0.2) is 18.5 Å². The molecule has 1 aromatic heterocycles. The van der Waals surface area contributed by atoms with E-state index >= 15 is 9.59 Å². The molecule has 0 atom stereocenters. The van der Waals surface area contributed by atoms with Crippen LogP contribution in [0, 0.1) is 0 Å². The normalized spacial score (nSPS) is 12.7. The highest BCUT2D eigenvalue weighted by Crippen LogP contribution is 2.32. The van der Waals surface area contributed by atoms with Gasteiger partial charge in [-0.2, -0.15) is 0 Å². The van der Waals surface area contributed by atoms with Gasteiger partial charge in [-0.3, -0.25) is 38.4 Å². The van der Waals surface area contributed by atoms with Crippen molar-refractivity contribution in [3.05, 3.63) is 29.6 Å². The standard InChI is InChI=1S/C67H115N3O14/c1-20-21-22-23-24-25-26-27-28-29-30-31-32-33-46-70-48-50(58(77)68-66(40-34-52(71)79-60(2,3)4,41-35-53(72)80-61(5,6)7)42-36-54(73)81-62(8,9)10)47-51(49-70)59(78)69-67(43-37-55(74)82-63(11,12)13,44-38-56(75)83-64(14,15)16)45-39-57(76)84-65(17,18)19/h47-49H,20-46H2,1-19H3,(H-,68,69,77,78)/p+1. The molecule has 0 aromatic carbocycles. The van der Waals surface area contributed by atoms with Crippen LogP contribution in [0.4, 0.5) is 0 Å². The summed E-state index contributed by atoms with van der Waals surface area (Å²) in [6.07, 6.45) is 18.4. The molecule has 0 aliphatic rings. The van der Waals surface area contributed by atoms with Crippen LogP contribution in [0.3, 0.4) is 0 Å². The van der Waals surface area contributed by atoms with E-state index in [-0.39, 0.29) is 88.2 Å². The number of pyridine rings is 1. The van der Waals surface area contributed by atoms with Gasteiger partial charge in [-0.25, -0.2) is 4.57 Å². The summed E-state index contributed by atoms with van der Waals surface area (Å²) in [4.78, 5) is 111. The minimum absolute atomic E-state index is 0.0338. The zero-order valence-corrected chi connectivity index (χ0v) is 56.0. The third-order valence-corrected chi connectivity index (χ3v) is 13.3. The molecule has 2 N–H and O–H groups in total. The first-order chi connectivity index (χ1) is 38.5. The molecule has 0 aliphatic carbocycles. The van der Waals surface area contributed by atoms with Crippen molar-refractivity contribution in [3.63, 3.8) is 0 Å². The average molecular weight is 1190 g/mol. The molecule has 482 valence electrons. The summed E-state index contributed by atoms with van der Waals surface area (Å²) in [7, 11) is 0. The number of hydrogen-bond acceptors (Lipinski definition) is 14. The largest absolute Gasteiger partial charge is 0.460 e. The second-order valence-corrected chi connectivity index (χ2v) is 29.1. The van der Waals surface area contributed by atoms with Crippen LogP contribution in [0.25, 0.3) is 0 Å². The Morgan fingerprint density at radius 2 is 0.536 bits per heavy atom. The van der Waals surface area contributed by atoms with Crippen molar-refractivity contribution < 1.29 is 71.3 Å². The van der Waals surface area contributed by atoms with E-state index in [0.29, 0.717) is 6.54 Å². The number of esters is 6. The predicted octanol–water partition coefficient (Wildman–Crippen LogP) is 14.1. The van der Waals surface area contributed by atoms with Gasteiger partial charge in [0, 0.05) is 56.0 Å². The van der Waals surface area contributed by atoms with Gasteiger partial charge in [-0.05, 0) is 176 Å². The highest BCUT2D eigenvalue weighted by molar-refractivity contribution is 5.99. The number of carbonyl (C=O) groups excluding carboxylic acids is 8. The molecule has 0 bridgehead atoms. The molecule has 17 heteroatoms. The van der Waals surface area contributed by atoms with Crippen molar-refractivity contribution in [1.29, 1.82) is 0 Å². The van der Waals surface area contributed by atoms with Crippen LogP contribution in [0.2, 0.25) is 0 Å². The minimum Gasteiger partial charge on any atom is -0.460 e. The van der Waals surface area contributed by atoms with Gasteiger partial charge in [0.15, 0.2) is 12.4 Å². The van der Waals surface area contributed by atoms with Gasteiger partial charge in [-0.15, -0.1) is 0 Å². The Labute approximate surface area is 507 Å². The van der Waals surface area contributed by atoms with E-state index in [1.54, 1.807) is 142 Å². The van der Waals surface area contributed by atoms with Gasteiger partial charge < -0.3 is 39.1 Å². The summed E-state index contributed by atoms with van der Waals surface area (Å²) in [6, 6.07) is 1.44. The van der Waals surface area contributed by atoms with Gasteiger partial charge in [0.05, 0.1) is 0 Å². The maximum atomic E-state index is 15.2. The van der Waals surface area contributed by atoms with Crippen LogP contribution >= 0.6 is 0 Å². The lowest BCUT2D eigenvalue weighted by atomic mass is 9.83. The Hall–Kier alpha value is -5.09.